The average Bonchev–Trinajstić information content (AvgIpc) is 2.33. The second kappa shape index (κ2) is 8.45. The highest BCUT2D eigenvalue weighted by molar-refractivity contribution is 5.07. The first kappa shape index (κ1) is 16.3. The molecule has 110 valence electrons. The molecule has 1 nitrogen and oxygen atoms in total. The van der Waals surface area contributed by atoms with Gasteiger partial charge in [-0.15, -0.1) is 0 Å². The lowest BCUT2D eigenvalue weighted by Gasteiger charge is -2.41. The molecule has 1 rings (SSSR count). The van der Waals surface area contributed by atoms with Gasteiger partial charge in [-0.1, -0.05) is 52.8 Å². The molecule has 0 aromatic heterocycles. The Morgan fingerprint density at radius 2 is 2.05 bits per heavy atom. The quantitative estimate of drug-likeness (QED) is 0.557. The van der Waals surface area contributed by atoms with Crippen molar-refractivity contribution in [2.24, 2.45) is 17.8 Å². The molecule has 0 spiro atoms. The van der Waals surface area contributed by atoms with Crippen molar-refractivity contribution < 1.29 is 0 Å². The summed E-state index contributed by atoms with van der Waals surface area (Å²) in [5.41, 5.74) is 1.18. The van der Waals surface area contributed by atoms with E-state index >= 15 is 0 Å². The van der Waals surface area contributed by atoms with E-state index in [0.717, 1.165) is 24.2 Å². The van der Waals surface area contributed by atoms with Crippen LogP contribution in [-0.4, -0.2) is 6.04 Å². The standard InChI is InChI=1S/C18H33N/c1-6-15(5)19-18(11-9-8-10-14(3)4)17-13-12-16(17)7-2/h9,11,14,16-19H,5-8,10,12-13H2,1-4H3/b11-9+. The molecule has 19 heavy (non-hydrogen) atoms. The van der Waals surface area contributed by atoms with Crippen molar-refractivity contribution in [2.45, 2.75) is 72.3 Å². The van der Waals surface area contributed by atoms with Gasteiger partial charge in [0, 0.05) is 11.7 Å². The number of hydrogen-bond donors (Lipinski definition) is 1. The Morgan fingerprint density at radius 1 is 1.32 bits per heavy atom. The molecular formula is C18H33N. The molecule has 1 aliphatic carbocycles. The van der Waals surface area contributed by atoms with Crippen molar-refractivity contribution in [3.05, 3.63) is 24.4 Å². The largest absolute Gasteiger partial charge is 0.382 e. The van der Waals surface area contributed by atoms with E-state index in [0.29, 0.717) is 6.04 Å². The van der Waals surface area contributed by atoms with Gasteiger partial charge in [0.1, 0.15) is 0 Å². The van der Waals surface area contributed by atoms with Crippen molar-refractivity contribution in [1.82, 2.24) is 5.32 Å². The average molecular weight is 263 g/mol. The lowest BCUT2D eigenvalue weighted by molar-refractivity contribution is 0.143. The lowest BCUT2D eigenvalue weighted by Crippen LogP contribution is -2.42. The third kappa shape index (κ3) is 5.42. The molecule has 1 aliphatic rings. The first-order valence-electron chi connectivity index (χ1n) is 8.19. The minimum absolute atomic E-state index is 0.512. The molecule has 0 heterocycles. The third-order valence-electron chi connectivity index (χ3n) is 4.51. The van der Waals surface area contributed by atoms with E-state index in [2.05, 4.69) is 51.7 Å². The maximum atomic E-state index is 4.12. The SMILES string of the molecule is C=C(CC)NC(/C=C/CCC(C)C)C1CCC1CC. The van der Waals surface area contributed by atoms with Gasteiger partial charge in [-0.2, -0.15) is 0 Å². The predicted molar refractivity (Wildman–Crippen MR) is 86.1 cm³/mol. The molecule has 0 aliphatic heterocycles. The maximum absolute atomic E-state index is 4.12. The molecule has 3 atom stereocenters. The summed E-state index contributed by atoms with van der Waals surface area (Å²) < 4.78 is 0. The van der Waals surface area contributed by atoms with Crippen molar-refractivity contribution in [1.29, 1.82) is 0 Å². The molecular weight excluding hydrogens is 230 g/mol. The van der Waals surface area contributed by atoms with Crippen molar-refractivity contribution in [3.8, 4) is 0 Å². The summed E-state index contributed by atoms with van der Waals surface area (Å²) in [6.07, 6.45) is 12.4. The maximum Gasteiger partial charge on any atom is 0.0472 e. The molecule has 0 bridgehead atoms. The van der Waals surface area contributed by atoms with Crippen LogP contribution in [-0.2, 0) is 0 Å². The summed E-state index contributed by atoms with van der Waals surface area (Å²) in [7, 11) is 0. The van der Waals surface area contributed by atoms with Gasteiger partial charge in [-0.05, 0) is 49.9 Å². The van der Waals surface area contributed by atoms with Gasteiger partial charge >= 0.3 is 0 Å². The summed E-state index contributed by atoms with van der Waals surface area (Å²) in [5.74, 6) is 2.54. The molecule has 1 heteroatoms. The van der Waals surface area contributed by atoms with Crippen LogP contribution in [0.3, 0.4) is 0 Å². The van der Waals surface area contributed by atoms with Crippen LogP contribution in [0.2, 0.25) is 0 Å². The van der Waals surface area contributed by atoms with Crippen LogP contribution in [0, 0.1) is 17.8 Å². The van der Waals surface area contributed by atoms with Crippen LogP contribution in [0.5, 0.6) is 0 Å². The van der Waals surface area contributed by atoms with E-state index in [1.807, 2.05) is 0 Å². The molecule has 1 N–H and O–H groups in total. The molecule has 1 fully saturated rings. The van der Waals surface area contributed by atoms with Crippen molar-refractivity contribution in [3.63, 3.8) is 0 Å². The van der Waals surface area contributed by atoms with Crippen molar-refractivity contribution >= 4 is 0 Å². The van der Waals surface area contributed by atoms with Gasteiger partial charge in [0.25, 0.3) is 0 Å². The fraction of sp³-hybridized carbons (Fsp3) is 0.778. The topological polar surface area (TPSA) is 12.0 Å². The monoisotopic (exact) mass is 263 g/mol. The normalized spacial score (nSPS) is 24.5. The predicted octanol–water partition coefficient (Wildman–Crippen LogP) is 5.30. The van der Waals surface area contributed by atoms with E-state index in [1.54, 1.807) is 0 Å². The summed E-state index contributed by atoms with van der Waals surface area (Å²) in [6, 6.07) is 0.512. The third-order valence-corrected chi connectivity index (χ3v) is 4.51. The van der Waals surface area contributed by atoms with E-state index in [-0.39, 0.29) is 0 Å². The Hall–Kier alpha value is -0.720. The van der Waals surface area contributed by atoms with Crippen LogP contribution < -0.4 is 5.32 Å². The van der Waals surface area contributed by atoms with E-state index in [1.165, 1.54) is 37.8 Å². The number of hydrogen-bond acceptors (Lipinski definition) is 1. The second-order valence-corrected chi connectivity index (χ2v) is 6.44. The Bertz CT molecular complexity index is 288. The van der Waals surface area contributed by atoms with Crippen LogP contribution in [0.1, 0.15) is 66.2 Å². The van der Waals surface area contributed by atoms with Crippen molar-refractivity contribution in [2.75, 3.05) is 0 Å². The molecule has 0 aromatic rings. The van der Waals surface area contributed by atoms with E-state index in [4.69, 9.17) is 0 Å². The summed E-state index contributed by atoms with van der Waals surface area (Å²) >= 11 is 0. The number of nitrogens with one attached hydrogen (secondary N) is 1. The van der Waals surface area contributed by atoms with E-state index in [9.17, 15) is 0 Å². The Morgan fingerprint density at radius 3 is 2.53 bits per heavy atom. The highest BCUT2D eigenvalue weighted by Gasteiger charge is 2.34. The molecule has 3 unspecified atom stereocenters. The zero-order valence-electron chi connectivity index (χ0n) is 13.4. The smallest absolute Gasteiger partial charge is 0.0472 e. The van der Waals surface area contributed by atoms with Gasteiger partial charge < -0.3 is 5.32 Å². The molecule has 0 saturated heterocycles. The zero-order valence-corrected chi connectivity index (χ0v) is 13.4. The minimum Gasteiger partial charge on any atom is -0.382 e. The molecule has 1 saturated carbocycles. The minimum atomic E-state index is 0.512. The first-order chi connectivity index (χ1) is 9.08. The van der Waals surface area contributed by atoms with Gasteiger partial charge in [-0.25, -0.2) is 0 Å². The second-order valence-electron chi connectivity index (χ2n) is 6.44. The number of allylic oxidation sites excluding steroid dienone is 2. The summed E-state index contributed by atoms with van der Waals surface area (Å²) in [4.78, 5) is 0. The highest BCUT2D eigenvalue weighted by Crippen LogP contribution is 2.39. The Kier molecular flexibility index (Phi) is 7.27. The van der Waals surface area contributed by atoms with Crippen LogP contribution in [0.25, 0.3) is 0 Å². The molecule has 0 aromatic carbocycles. The Balaban J connectivity index is 2.51. The number of rotatable bonds is 9. The fourth-order valence-corrected chi connectivity index (χ4v) is 2.88. The van der Waals surface area contributed by atoms with Gasteiger partial charge in [-0.3, -0.25) is 0 Å². The molecule has 0 amide bonds. The molecule has 0 radical (unpaired) electrons. The Labute approximate surface area is 120 Å². The fourth-order valence-electron chi connectivity index (χ4n) is 2.88. The van der Waals surface area contributed by atoms with Gasteiger partial charge in [0.2, 0.25) is 0 Å². The lowest BCUT2D eigenvalue weighted by atomic mass is 9.68. The van der Waals surface area contributed by atoms with Crippen LogP contribution in [0.15, 0.2) is 24.4 Å². The first-order valence-corrected chi connectivity index (χ1v) is 8.19. The highest BCUT2D eigenvalue weighted by atomic mass is 14.9. The van der Waals surface area contributed by atoms with Crippen LogP contribution >= 0.6 is 0 Å². The summed E-state index contributed by atoms with van der Waals surface area (Å²) in [5, 5.41) is 3.64. The zero-order chi connectivity index (χ0) is 14.3. The van der Waals surface area contributed by atoms with Gasteiger partial charge in [0.05, 0.1) is 0 Å². The van der Waals surface area contributed by atoms with Crippen LogP contribution in [0.4, 0.5) is 0 Å². The van der Waals surface area contributed by atoms with E-state index < -0.39 is 0 Å². The van der Waals surface area contributed by atoms with Gasteiger partial charge in [0.15, 0.2) is 0 Å². The summed E-state index contributed by atoms with van der Waals surface area (Å²) in [6.45, 7) is 13.2.